The van der Waals surface area contributed by atoms with E-state index in [9.17, 15) is 0 Å². The van der Waals surface area contributed by atoms with Gasteiger partial charge in [0.15, 0.2) is 0 Å². The molecular weight excluding hydrogens is 294 g/mol. The summed E-state index contributed by atoms with van der Waals surface area (Å²) in [6.07, 6.45) is 8.14. The van der Waals surface area contributed by atoms with E-state index < -0.39 is 0 Å². The summed E-state index contributed by atoms with van der Waals surface area (Å²) >= 11 is 5.56. The number of hydrogen-bond donors (Lipinski definition) is 1. The van der Waals surface area contributed by atoms with Gasteiger partial charge in [-0.15, -0.1) is 11.3 Å². The zero-order chi connectivity index (χ0) is 11.8. The van der Waals surface area contributed by atoms with E-state index in [2.05, 4.69) is 34.2 Å². The normalized spacial score (nSPS) is 32.7. The number of aryl methyl sites for hydroxylation is 1. The average molecular weight is 314 g/mol. The first kappa shape index (κ1) is 12.2. The Kier molecular flexibility index (Phi) is 3.60. The van der Waals surface area contributed by atoms with Gasteiger partial charge in [-0.3, -0.25) is 0 Å². The summed E-state index contributed by atoms with van der Waals surface area (Å²) < 4.78 is 1.30. The SMILES string of the molecule is CC1CCCC1NC1CCCc2sc(Br)cc21. The molecule has 2 aliphatic rings. The summed E-state index contributed by atoms with van der Waals surface area (Å²) in [5.41, 5.74) is 1.58. The van der Waals surface area contributed by atoms with Crippen LogP contribution in [0, 0.1) is 5.92 Å². The molecule has 0 aromatic carbocycles. The van der Waals surface area contributed by atoms with E-state index in [0.717, 1.165) is 12.0 Å². The maximum atomic E-state index is 3.92. The van der Waals surface area contributed by atoms with E-state index in [0.29, 0.717) is 6.04 Å². The Morgan fingerprint density at radius 2 is 2.18 bits per heavy atom. The minimum atomic E-state index is 0.617. The first-order chi connectivity index (χ1) is 8.24. The highest BCUT2D eigenvalue weighted by Crippen LogP contribution is 2.39. The van der Waals surface area contributed by atoms with Crippen molar-refractivity contribution in [3.63, 3.8) is 0 Å². The number of halogens is 1. The molecule has 0 spiro atoms. The largest absolute Gasteiger partial charge is 0.307 e. The molecule has 3 rings (SSSR count). The van der Waals surface area contributed by atoms with Gasteiger partial charge in [-0.2, -0.15) is 0 Å². The molecule has 1 nitrogen and oxygen atoms in total. The summed E-state index contributed by atoms with van der Waals surface area (Å²) in [7, 11) is 0. The second kappa shape index (κ2) is 5.02. The third-order valence-corrected chi connectivity index (χ3v) is 6.07. The molecule has 1 aromatic heterocycles. The Hall–Kier alpha value is 0.140. The molecule has 3 heteroatoms. The van der Waals surface area contributed by atoms with Gasteiger partial charge in [-0.1, -0.05) is 13.3 Å². The fourth-order valence-corrected chi connectivity index (χ4v) is 5.17. The molecule has 1 heterocycles. The predicted molar refractivity (Wildman–Crippen MR) is 77.6 cm³/mol. The molecule has 1 N–H and O–H groups in total. The Labute approximate surface area is 116 Å². The quantitative estimate of drug-likeness (QED) is 0.837. The van der Waals surface area contributed by atoms with Crippen LogP contribution < -0.4 is 5.32 Å². The van der Waals surface area contributed by atoms with Crippen LogP contribution in [0.5, 0.6) is 0 Å². The van der Waals surface area contributed by atoms with Gasteiger partial charge in [-0.05, 0) is 65.6 Å². The molecule has 17 heavy (non-hydrogen) atoms. The fourth-order valence-electron chi connectivity index (χ4n) is 3.35. The Balaban J connectivity index is 1.76. The van der Waals surface area contributed by atoms with E-state index in [1.54, 1.807) is 10.4 Å². The summed E-state index contributed by atoms with van der Waals surface area (Å²) in [5, 5.41) is 3.92. The maximum absolute atomic E-state index is 3.92. The lowest BCUT2D eigenvalue weighted by molar-refractivity contribution is 0.351. The van der Waals surface area contributed by atoms with Crippen molar-refractivity contribution in [2.24, 2.45) is 5.92 Å². The van der Waals surface area contributed by atoms with Crippen LogP contribution in [0.25, 0.3) is 0 Å². The standard InChI is InChI=1S/C14H20BrNS/c1-9-4-2-5-11(9)16-12-6-3-7-13-10(12)8-14(15)17-13/h8-9,11-12,16H,2-7H2,1H3. The predicted octanol–water partition coefficient (Wildman–Crippen LogP) is 4.67. The lowest BCUT2D eigenvalue weighted by Crippen LogP contribution is -2.35. The first-order valence-electron chi connectivity index (χ1n) is 6.78. The molecule has 2 aliphatic carbocycles. The summed E-state index contributed by atoms with van der Waals surface area (Å²) in [4.78, 5) is 1.60. The minimum Gasteiger partial charge on any atom is -0.307 e. The van der Waals surface area contributed by atoms with Gasteiger partial charge in [0.1, 0.15) is 0 Å². The molecule has 0 radical (unpaired) electrons. The van der Waals surface area contributed by atoms with Gasteiger partial charge in [0.25, 0.3) is 0 Å². The van der Waals surface area contributed by atoms with E-state index in [4.69, 9.17) is 0 Å². The highest BCUT2D eigenvalue weighted by atomic mass is 79.9. The van der Waals surface area contributed by atoms with E-state index in [-0.39, 0.29) is 0 Å². The maximum Gasteiger partial charge on any atom is 0.0704 e. The van der Waals surface area contributed by atoms with Crippen LogP contribution in [0.3, 0.4) is 0 Å². The summed E-state index contributed by atoms with van der Waals surface area (Å²) in [6.45, 7) is 2.40. The first-order valence-corrected chi connectivity index (χ1v) is 8.39. The number of hydrogen-bond acceptors (Lipinski definition) is 2. The van der Waals surface area contributed by atoms with Crippen LogP contribution in [0.2, 0.25) is 0 Å². The lowest BCUT2D eigenvalue weighted by atomic mass is 9.92. The Bertz CT molecular complexity index is 401. The molecule has 1 fully saturated rings. The van der Waals surface area contributed by atoms with Crippen molar-refractivity contribution in [1.29, 1.82) is 0 Å². The third kappa shape index (κ3) is 2.47. The second-order valence-electron chi connectivity index (χ2n) is 5.56. The van der Waals surface area contributed by atoms with E-state index >= 15 is 0 Å². The number of thiophene rings is 1. The van der Waals surface area contributed by atoms with Gasteiger partial charge in [0, 0.05) is 17.0 Å². The molecule has 0 amide bonds. The van der Waals surface area contributed by atoms with Crippen molar-refractivity contribution in [2.75, 3.05) is 0 Å². The number of rotatable bonds is 2. The van der Waals surface area contributed by atoms with Crippen LogP contribution in [0.15, 0.2) is 9.85 Å². The number of nitrogens with one attached hydrogen (secondary N) is 1. The van der Waals surface area contributed by atoms with Crippen LogP contribution >= 0.6 is 27.3 Å². The average Bonchev–Trinajstić information content (AvgIpc) is 2.85. The van der Waals surface area contributed by atoms with E-state index in [1.165, 1.54) is 42.3 Å². The summed E-state index contributed by atoms with van der Waals surface area (Å²) in [5.74, 6) is 0.863. The summed E-state index contributed by atoms with van der Waals surface area (Å²) in [6, 6.07) is 3.72. The second-order valence-corrected chi connectivity index (χ2v) is 8.07. The van der Waals surface area contributed by atoms with Crippen LogP contribution in [-0.2, 0) is 6.42 Å². The molecule has 3 atom stereocenters. The zero-order valence-corrected chi connectivity index (χ0v) is 12.7. The Morgan fingerprint density at radius 3 is 2.94 bits per heavy atom. The van der Waals surface area contributed by atoms with Crippen molar-refractivity contribution >= 4 is 27.3 Å². The molecule has 0 bridgehead atoms. The lowest BCUT2D eigenvalue weighted by Gasteiger charge is -2.29. The molecule has 1 saturated carbocycles. The van der Waals surface area contributed by atoms with Crippen molar-refractivity contribution < 1.29 is 0 Å². The van der Waals surface area contributed by atoms with Gasteiger partial charge in [0.2, 0.25) is 0 Å². The molecule has 0 aliphatic heterocycles. The van der Waals surface area contributed by atoms with Gasteiger partial charge in [0.05, 0.1) is 3.79 Å². The minimum absolute atomic E-state index is 0.617. The smallest absolute Gasteiger partial charge is 0.0704 e. The van der Waals surface area contributed by atoms with Crippen LogP contribution in [-0.4, -0.2) is 6.04 Å². The topological polar surface area (TPSA) is 12.0 Å². The van der Waals surface area contributed by atoms with Gasteiger partial charge >= 0.3 is 0 Å². The van der Waals surface area contributed by atoms with Crippen molar-refractivity contribution in [1.82, 2.24) is 5.32 Å². The van der Waals surface area contributed by atoms with Crippen molar-refractivity contribution in [3.8, 4) is 0 Å². The number of fused-ring (bicyclic) bond motifs is 1. The van der Waals surface area contributed by atoms with E-state index in [1.807, 2.05) is 11.3 Å². The highest BCUT2D eigenvalue weighted by molar-refractivity contribution is 9.11. The molecule has 1 aromatic rings. The van der Waals surface area contributed by atoms with Gasteiger partial charge in [-0.25, -0.2) is 0 Å². The molecule has 3 unspecified atom stereocenters. The molecule has 94 valence electrons. The zero-order valence-electron chi connectivity index (χ0n) is 10.3. The van der Waals surface area contributed by atoms with Crippen LogP contribution in [0.1, 0.15) is 55.5 Å². The fraction of sp³-hybridized carbons (Fsp3) is 0.714. The molecular formula is C14H20BrNS. The molecule has 0 saturated heterocycles. The van der Waals surface area contributed by atoms with Crippen LogP contribution in [0.4, 0.5) is 0 Å². The van der Waals surface area contributed by atoms with Gasteiger partial charge < -0.3 is 5.32 Å². The highest BCUT2D eigenvalue weighted by Gasteiger charge is 2.29. The van der Waals surface area contributed by atoms with Crippen molar-refractivity contribution in [2.45, 2.75) is 57.5 Å². The van der Waals surface area contributed by atoms with Crippen molar-refractivity contribution in [3.05, 3.63) is 20.3 Å². The Morgan fingerprint density at radius 1 is 1.29 bits per heavy atom. The monoisotopic (exact) mass is 313 g/mol. The third-order valence-electron chi connectivity index (χ3n) is 4.36.